The Labute approximate surface area is 104 Å². The van der Waals surface area contributed by atoms with Gasteiger partial charge in [-0.05, 0) is 31.4 Å². The van der Waals surface area contributed by atoms with E-state index in [4.69, 9.17) is 0 Å². The third-order valence-corrected chi connectivity index (χ3v) is 2.52. The largest absolute Gasteiger partial charge is 0.265 e. The summed E-state index contributed by atoms with van der Waals surface area (Å²) in [6, 6.07) is 6.75. The smallest absolute Gasteiger partial charge is 0.0951 e. The molecule has 0 saturated heterocycles. The fraction of sp³-hybridized carbons (Fsp3) is 0.571. The van der Waals surface area contributed by atoms with Crippen molar-refractivity contribution in [3.63, 3.8) is 0 Å². The van der Waals surface area contributed by atoms with Crippen LogP contribution in [0.5, 0.6) is 0 Å². The Morgan fingerprint density at radius 1 is 1.18 bits per heavy atom. The number of rotatable bonds is 6. The second-order valence-electron chi connectivity index (χ2n) is 4.72. The number of aliphatic imine (C=N–C) groups is 2. The van der Waals surface area contributed by atoms with Gasteiger partial charge in [0.15, 0.2) is 0 Å². The second kappa shape index (κ2) is 7.75. The number of pyridine rings is 1. The molecule has 17 heavy (non-hydrogen) atoms. The van der Waals surface area contributed by atoms with Gasteiger partial charge in [0.25, 0.3) is 0 Å². The van der Waals surface area contributed by atoms with E-state index in [0.717, 1.165) is 18.0 Å². The zero-order chi connectivity index (χ0) is 12.5. The third kappa shape index (κ3) is 6.64. The molecule has 1 atom stereocenters. The van der Waals surface area contributed by atoms with Gasteiger partial charge in [0.2, 0.25) is 0 Å². The summed E-state index contributed by atoms with van der Waals surface area (Å²) in [5.41, 5.74) is 0.845. The van der Waals surface area contributed by atoms with Crippen LogP contribution in [0.25, 0.3) is 0 Å². The molecule has 1 aromatic heterocycles. The molecule has 0 aliphatic rings. The molecule has 92 valence electrons. The van der Waals surface area contributed by atoms with Crippen molar-refractivity contribution in [1.29, 1.82) is 0 Å². The summed E-state index contributed by atoms with van der Waals surface area (Å²) in [5.74, 6) is 0.775. The lowest BCUT2D eigenvalue weighted by molar-refractivity contribution is 0.512. The average molecular weight is 231 g/mol. The minimum atomic E-state index is 0.305. The number of aromatic nitrogens is 1. The van der Waals surface area contributed by atoms with Crippen LogP contribution in [0.4, 0.5) is 5.69 Å². The Morgan fingerprint density at radius 3 is 2.53 bits per heavy atom. The predicted octanol–water partition coefficient (Wildman–Crippen LogP) is 4.10. The first kappa shape index (κ1) is 13.6. The summed E-state index contributed by atoms with van der Waals surface area (Å²) in [7, 11) is 0. The first-order chi connectivity index (χ1) is 8.18. The maximum atomic E-state index is 4.28. The van der Waals surface area contributed by atoms with Crippen molar-refractivity contribution < 1.29 is 0 Å². The van der Waals surface area contributed by atoms with Crippen LogP contribution in [0.3, 0.4) is 0 Å². The Balaban J connectivity index is 2.35. The topological polar surface area (TPSA) is 37.6 Å². The van der Waals surface area contributed by atoms with E-state index < -0.39 is 0 Å². The highest BCUT2D eigenvalue weighted by Gasteiger charge is 1.99. The van der Waals surface area contributed by atoms with Crippen LogP contribution in [-0.4, -0.2) is 17.0 Å². The van der Waals surface area contributed by atoms with Crippen LogP contribution >= 0.6 is 0 Å². The number of hydrogen-bond acceptors (Lipinski definition) is 3. The molecule has 0 spiro atoms. The van der Waals surface area contributed by atoms with E-state index in [1.807, 2.05) is 12.1 Å². The molecule has 0 radical (unpaired) electrons. The summed E-state index contributed by atoms with van der Waals surface area (Å²) >= 11 is 0. The molecule has 1 aromatic rings. The van der Waals surface area contributed by atoms with Crippen LogP contribution in [0.1, 0.15) is 40.0 Å². The van der Waals surface area contributed by atoms with E-state index in [1.54, 1.807) is 12.4 Å². The SMILES string of the molecule is CC(C)CCCC(C)N=C=Nc1ccncc1. The molecule has 1 heterocycles. The zero-order valence-electron chi connectivity index (χ0n) is 10.9. The monoisotopic (exact) mass is 231 g/mol. The average Bonchev–Trinajstić information content (AvgIpc) is 2.30. The Hall–Kier alpha value is -1.47. The van der Waals surface area contributed by atoms with E-state index in [0.29, 0.717) is 6.04 Å². The molecule has 3 heteroatoms. The van der Waals surface area contributed by atoms with Gasteiger partial charge in [-0.15, -0.1) is 0 Å². The summed E-state index contributed by atoms with van der Waals surface area (Å²) in [6.45, 7) is 6.60. The van der Waals surface area contributed by atoms with Crippen LogP contribution in [0.15, 0.2) is 34.5 Å². The fourth-order valence-corrected chi connectivity index (χ4v) is 1.49. The van der Waals surface area contributed by atoms with E-state index >= 15 is 0 Å². The Kier molecular flexibility index (Phi) is 6.19. The summed E-state index contributed by atoms with van der Waals surface area (Å²) in [5, 5.41) is 0. The van der Waals surface area contributed by atoms with Crippen LogP contribution < -0.4 is 0 Å². The molecule has 0 aliphatic carbocycles. The van der Waals surface area contributed by atoms with Gasteiger partial charge in [-0.2, -0.15) is 4.99 Å². The van der Waals surface area contributed by atoms with E-state index in [9.17, 15) is 0 Å². The van der Waals surface area contributed by atoms with E-state index in [-0.39, 0.29) is 0 Å². The predicted molar refractivity (Wildman–Crippen MR) is 71.9 cm³/mol. The fourth-order valence-electron chi connectivity index (χ4n) is 1.49. The molecule has 1 rings (SSSR count). The van der Waals surface area contributed by atoms with Crippen LogP contribution in [0.2, 0.25) is 0 Å². The lowest BCUT2D eigenvalue weighted by Gasteiger charge is -2.05. The highest BCUT2D eigenvalue weighted by Crippen LogP contribution is 2.10. The molecule has 0 aliphatic heterocycles. The van der Waals surface area contributed by atoms with Crippen LogP contribution in [-0.2, 0) is 0 Å². The number of hydrogen-bond donors (Lipinski definition) is 0. The highest BCUT2D eigenvalue weighted by atomic mass is 14.8. The lowest BCUT2D eigenvalue weighted by Crippen LogP contribution is -1.98. The van der Waals surface area contributed by atoms with Crippen LogP contribution in [0, 0.1) is 5.92 Å². The third-order valence-electron chi connectivity index (χ3n) is 2.52. The van der Waals surface area contributed by atoms with Gasteiger partial charge in [0.1, 0.15) is 0 Å². The molecule has 0 saturated carbocycles. The molecule has 3 nitrogen and oxygen atoms in total. The maximum absolute atomic E-state index is 4.28. The summed E-state index contributed by atoms with van der Waals surface area (Å²) in [4.78, 5) is 12.3. The first-order valence-corrected chi connectivity index (χ1v) is 6.24. The van der Waals surface area contributed by atoms with Crippen molar-refractivity contribution in [2.75, 3.05) is 0 Å². The van der Waals surface area contributed by atoms with Crippen molar-refractivity contribution >= 4 is 11.7 Å². The molecular formula is C14H21N3. The molecule has 0 bridgehead atoms. The molecule has 0 aromatic carbocycles. The molecule has 0 N–H and O–H groups in total. The first-order valence-electron chi connectivity index (χ1n) is 6.24. The minimum Gasteiger partial charge on any atom is -0.265 e. The van der Waals surface area contributed by atoms with Gasteiger partial charge in [0, 0.05) is 12.4 Å². The second-order valence-corrected chi connectivity index (χ2v) is 4.72. The standard InChI is InChI=1S/C14H21N3/c1-12(2)5-4-6-13(3)16-11-17-14-7-9-15-10-8-14/h7-10,12-13H,4-6H2,1-3H3. The Morgan fingerprint density at radius 2 is 1.88 bits per heavy atom. The molecule has 0 fully saturated rings. The van der Waals surface area contributed by atoms with Gasteiger partial charge in [0.05, 0.1) is 17.7 Å². The molecular weight excluding hydrogens is 210 g/mol. The van der Waals surface area contributed by atoms with Crippen molar-refractivity contribution in [3.05, 3.63) is 24.5 Å². The number of nitrogens with zero attached hydrogens (tertiary/aromatic N) is 3. The highest BCUT2D eigenvalue weighted by molar-refractivity contribution is 5.51. The lowest BCUT2D eigenvalue weighted by atomic mass is 10.0. The van der Waals surface area contributed by atoms with E-state index in [1.165, 1.54) is 12.8 Å². The summed E-state index contributed by atoms with van der Waals surface area (Å²) in [6.07, 6.45) is 7.02. The van der Waals surface area contributed by atoms with Crippen molar-refractivity contribution in [3.8, 4) is 0 Å². The van der Waals surface area contributed by atoms with Crippen molar-refractivity contribution in [2.45, 2.75) is 46.1 Å². The molecule has 1 unspecified atom stereocenters. The zero-order valence-corrected chi connectivity index (χ0v) is 10.9. The van der Waals surface area contributed by atoms with Crippen molar-refractivity contribution in [2.24, 2.45) is 15.9 Å². The van der Waals surface area contributed by atoms with E-state index in [2.05, 4.69) is 41.7 Å². The minimum absolute atomic E-state index is 0.305. The summed E-state index contributed by atoms with van der Waals surface area (Å²) < 4.78 is 0. The van der Waals surface area contributed by atoms with Gasteiger partial charge in [-0.1, -0.05) is 26.7 Å². The van der Waals surface area contributed by atoms with Gasteiger partial charge >= 0.3 is 0 Å². The van der Waals surface area contributed by atoms with Crippen molar-refractivity contribution in [1.82, 2.24) is 4.98 Å². The maximum Gasteiger partial charge on any atom is 0.0951 e. The Bertz CT molecular complexity index is 364. The van der Waals surface area contributed by atoms with Gasteiger partial charge < -0.3 is 0 Å². The van der Waals surface area contributed by atoms with Gasteiger partial charge in [-0.25, -0.2) is 4.99 Å². The molecule has 0 amide bonds. The van der Waals surface area contributed by atoms with Gasteiger partial charge in [-0.3, -0.25) is 4.98 Å². The normalized spacial score (nSPS) is 12.0. The quantitative estimate of drug-likeness (QED) is 0.679.